The van der Waals surface area contributed by atoms with E-state index >= 15 is 0 Å². The molecule has 0 aliphatic carbocycles. The van der Waals surface area contributed by atoms with Crippen molar-refractivity contribution >= 4 is 34.4 Å². The lowest BCUT2D eigenvalue weighted by Gasteiger charge is -2.14. The number of rotatable bonds is 9. The quantitative estimate of drug-likeness (QED) is 0.474. The molecule has 0 N–H and O–H groups in total. The standard InChI is InChI=1S/C20H24ClNO5/c1-4-26-19(23)15(20(24)27-5-2)8-6-7-13-12-22-17-10-9-14(25-3)11-16(17)18(13)21/h9-12,15H,4-8H2,1-3H3. The Morgan fingerprint density at radius 1 is 1.15 bits per heavy atom. The van der Waals surface area contributed by atoms with E-state index in [0.29, 0.717) is 30.0 Å². The minimum atomic E-state index is -0.919. The van der Waals surface area contributed by atoms with E-state index in [4.69, 9.17) is 25.8 Å². The molecule has 0 radical (unpaired) electrons. The van der Waals surface area contributed by atoms with Crippen molar-refractivity contribution in [1.82, 2.24) is 4.98 Å². The number of fused-ring (bicyclic) bond motifs is 1. The SMILES string of the molecule is CCOC(=O)C(CCCc1cnc2ccc(OC)cc2c1Cl)C(=O)OCC. The Hall–Kier alpha value is -2.34. The molecule has 1 aromatic heterocycles. The zero-order valence-electron chi connectivity index (χ0n) is 15.8. The van der Waals surface area contributed by atoms with Crippen LogP contribution in [0.1, 0.15) is 32.3 Å². The van der Waals surface area contributed by atoms with Gasteiger partial charge in [0.15, 0.2) is 5.92 Å². The van der Waals surface area contributed by atoms with Crippen LogP contribution in [0.15, 0.2) is 24.4 Å². The van der Waals surface area contributed by atoms with Gasteiger partial charge in [-0.3, -0.25) is 14.6 Å². The summed E-state index contributed by atoms with van der Waals surface area (Å²) in [6, 6.07) is 5.52. The minimum absolute atomic E-state index is 0.219. The first-order valence-corrected chi connectivity index (χ1v) is 9.34. The third kappa shape index (κ3) is 5.32. The average molecular weight is 394 g/mol. The zero-order chi connectivity index (χ0) is 19.8. The molecule has 0 aliphatic heterocycles. The number of benzene rings is 1. The Morgan fingerprint density at radius 2 is 1.81 bits per heavy atom. The molecular formula is C20H24ClNO5. The van der Waals surface area contributed by atoms with Crippen LogP contribution in [0.4, 0.5) is 0 Å². The van der Waals surface area contributed by atoms with E-state index in [-0.39, 0.29) is 13.2 Å². The number of carbonyl (C=O) groups excluding carboxylic acids is 2. The number of hydrogen-bond donors (Lipinski definition) is 0. The Balaban J connectivity index is 2.10. The fraction of sp³-hybridized carbons (Fsp3) is 0.450. The van der Waals surface area contributed by atoms with Gasteiger partial charge in [0.1, 0.15) is 5.75 Å². The van der Waals surface area contributed by atoms with E-state index in [9.17, 15) is 9.59 Å². The number of pyridine rings is 1. The highest BCUT2D eigenvalue weighted by Gasteiger charge is 2.29. The second kappa shape index (κ2) is 10.1. The Kier molecular flexibility index (Phi) is 7.85. The normalized spacial score (nSPS) is 10.9. The number of methoxy groups -OCH3 is 1. The summed E-state index contributed by atoms with van der Waals surface area (Å²) in [7, 11) is 1.59. The van der Waals surface area contributed by atoms with E-state index in [1.165, 1.54) is 0 Å². The van der Waals surface area contributed by atoms with Crippen molar-refractivity contribution in [2.24, 2.45) is 5.92 Å². The smallest absolute Gasteiger partial charge is 0.320 e. The first-order valence-electron chi connectivity index (χ1n) is 8.96. The van der Waals surface area contributed by atoms with Gasteiger partial charge in [0, 0.05) is 11.6 Å². The van der Waals surface area contributed by atoms with Crippen LogP contribution < -0.4 is 4.74 Å². The Labute approximate surface area is 163 Å². The van der Waals surface area contributed by atoms with E-state index in [1.54, 1.807) is 27.2 Å². The molecule has 6 nitrogen and oxygen atoms in total. The molecule has 0 spiro atoms. The van der Waals surface area contributed by atoms with E-state index in [1.807, 2.05) is 18.2 Å². The summed E-state index contributed by atoms with van der Waals surface area (Å²) < 4.78 is 15.2. The number of carbonyl (C=O) groups is 2. The molecule has 0 aliphatic rings. The number of hydrogen-bond acceptors (Lipinski definition) is 6. The maximum absolute atomic E-state index is 12.0. The summed E-state index contributed by atoms with van der Waals surface area (Å²) in [5.41, 5.74) is 1.63. The van der Waals surface area contributed by atoms with Crippen LogP contribution >= 0.6 is 11.6 Å². The number of nitrogens with zero attached hydrogens (tertiary/aromatic N) is 1. The average Bonchev–Trinajstić information content (AvgIpc) is 2.66. The van der Waals surface area contributed by atoms with Crippen molar-refractivity contribution in [3.8, 4) is 5.75 Å². The molecule has 0 fully saturated rings. The third-order valence-electron chi connectivity index (χ3n) is 4.16. The van der Waals surface area contributed by atoms with Gasteiger partial charge in [0.05, 0.1) is 30.9 Å². The van der Waals surface area contributed by atoms with Crippen molar-refractivity contribution < 1.29 is 23.8 Å². The van der Waals surface area contributed by atoms with Gasteiger partial charge in [0.2, 0.25) is 0 Å². The monoisotopic (exact) mass is 393 g/mol. The van der Waals surface area contributed by atoms with Gasteiger partial charge in [-0.15, -0.1) is 0 Å². The third-order valence-corrected chi connectivity index (χ3v) is 4.61. The summed E-state index contributed by atoms with van der Waals surface area (Å²) in [6.07, 6.45) is 3.19. The number of halogens is 1. The predicted octanol–water partition coefficient (Wildman–Crippen LogP) is 3.96. The first-order chi connectivity index (χ1) is 13.0. The molecule has 0 saturated heterocycles. The number of aryl methyl sites for hydroxylation is 1. The lowest BCUT2D eigenvalue weighted by Crippen LogP contribution is -2.28. The van der Waals surface area contributed by atoms with Crippen LogP contribution in [0.25, 0.3) is 10.9 Å². The Morgan fingerprint density at radius 3 is 2.41 bits per heavy atom. The van der Waals surface area contributed by atoms with Gasteiger partial charge in [-0.05, 0) is 56.9 Å². The number of ether oxygens (including phenoxy) is 3. The zero-order valence-corrected chi connectivity index (χ0v) is 16.5. The topological polar surface area (TPSA) is 74.7 Å². The number of esters is 2. The van der Waals surface area contributed by atoms with Gasteiger partial charge in [0.25, 0.3) is 0 Å². The predicted molar refractivity (Wildman–Crippen MR) is 103 cm³/mol. The van der Waals surface area contributed by atoms with Gasteiger partial charge in [-0.25, -0.2) is 0 Å². The van der Waals surface area contributed by atoms with Crippen LogP contribution in [0.2, 0.25) is 5.02 Å². The van der Waals surface area contributed by atoms with Crippen LogP contribution in [-0.4, -0.2) is 37.2 Å². The van der Waals surface area contributed by atoms with Gasteiger partial charge in [-0.2, -0.15) is 0 Å². The highest BCUT2D eigenvalue weighted by molar-refractivity contribution is 6.36. The van der Waals surface area contributed by atoms with Crippen molar-refractivity contribution in [3.63, 3.8) is 0 Å². The molecular weight excluding hydrogens is 370 g/mol. The second-order valence-corrected chi connectivity index (χ2v) is 6.31. The second-order valence-electron chi connectivity index (χ2n) is 5.93. The first kappa shape index (κ1) is 21.0. The van der Waals surface area contributed by atoms with Crippen molar-refractivity contribution in [1.29, 1.82) is 0 Å². The van der Waals surface area contributed by atoms with Gasteiger partial charge >= 0.3 is 11.9 Å². The maximum atomic E-state index is 12.0. The van der Waals surface area contributed by atoms with Crippen LogP contribution in [-0.2, 0) is 25.5 Å². The maximum Gasteiger partial charge on any atom is 0.320 e. The highest BCUT2D eigenvalue weighted by Crippen LogP contribution is 2.30. The Bertz CT molecular complexity index is 790. The highest BCUT2D eigenvalue weighted by atomic mass is 35.5. The summed E-state index contributed by atoms with van der Waals surface area (Å²) >= 11 is 6.53. The molecule has 0 amide bonds. The van der Waals surface area contributed by atoms with Crippen molar-refractivity contribution in [2.45, 2.75) is 33.1 Å². The summed E-state index contributed by atoms with van der Waals surface area (Å²) in [5, 5.41) is 1.41. The molecule has 2 rings (SSSR count). The summed E-state index contributed by atoms with van der Waals surface area (Å²) in [4.78, 5) is 28.5. The molecule has 1 aromatic carbocycles. The molecule has 2 aromatic rings. The van der Waals surface area contributed by atoms with Crippen LogP contribution in [0.5, 0.6) is 5.75 Å². The summed E-state index contributed by atoms with van der Waals surface area (Å²) in [6.45, 7) is 3.85. The van der Waals surface area contributed by atoms with E-state index in [0.717, 1.165) is 16.5 Å². The van der Waals surface area contributed by atoms with Crippen molar-refractivity contribution in [2.75, 3.05) is 20.3 Å². The molecule has 7 heteroatoms. The van der Waals surface area contributed by atoms with Gasteiger partial charge < -0.3 is 14.2 Å². The lowest BCUT2D eigenvalue weighted by molar-refractivity contribution is -0.161. The minimum Gasteiger partial charge on any atom is -0.497 e. The molecule has 0 unspecified atom stereocenters. The molecule has 146 valence electrons. The molecule has 0 atom stereocenters. The van der Waals surface area contributed by atoms with E-state index in [2.05, 4.69) is 4.98 Å². The van der Waals surface area contributed by atoms with Crippen molar-refractivity contribution in [3.05, 3.63) is 35.0 Å². The fourth-order valence-electron chi connectivity index (χ4n) is 2.80. The molecule has 0 saturated carbocycles. The molecule has 0 bridgehead atoms. The molecule has 27 heavy (non-hydrogen) atoms. The van der Waals surface area contributed by atoms with Crippen LogP contribution in [0.3, 0.4) is 0 Å². The van der Waals surface area contributed by atoms with Gasteiger partial charge in [-0.1, -0.05) is 11.6 Å². The van der Waals surface area contributed by atoms with Crippen LogP contribution in [0, 0.1) is 5.92 Å². The lowest BCUT2D eigenvalue weighted by atomic mass is 9.99. The van der Waals surface area contributed by atoms with E-state index < -0.39 is 17.9 Å². The largest absolute Gasteiger partial charge is 0.497 e. The number of aromatic nitrogens is 1. The molecule has 1 heterocycles. The fourth-order valence-corrected chi connectivity index (χ4v) is 3.09. The summed E-state index contributed by atoms with van der Waals surface area (Å²) in [5.74, 6) is -1.32.